The molecule has 0 fully saturated rings. The minimum absolute atomic E-state index is 0.0654. The van der Waals surface area contributed by atoms with E-state index in [1.807, 2.05) is 25.3 Å². The van der Waals surface area contributed by atoms with Gasteiger partial charge in [0.2, 0.25) is 0 Å². The van der Waals surface area contributed by atoms with Gasteiger partial charge in [-0.05, 0) is 31.2 Å². The van der Waals surface area contributed by atoms with Crippen molar-refractivity contribution in [3.8, 4) is 11.3 Å². The third-order valence-electron chi connectivity index (χ3n) is 4.62. The number of pyridine rings is 1. The number of carbonyl (C=O) groups is 1. The lowest BCUT2D eigenvalue weighted by Crippen LogP contribution is -2.14. The molecule has 1 N–H and O–H groups in total. The maximum atomic E-state index is 13.1. The zero-order valence-corrected chi connectivity index (χ0v) is 16.6. The van der Waals surface area contributed by atoms with Gasteiger partial charge in [-0.2, -0.15) is 5.10 Å². The lowest BCUT2D eigenvalue weighted by Gasteiger charge is -2.10. The highest BCUT2D eigenvalue weighted by molar-refractivity contribution is 6.31. The fourth-order valence-electron chi connectivity index (χ4n) is 3.13. The summed E-state index contributed by atoms with van der Waals surface area (Å²) in [4.78, 5) is 28.5. The van der Waals surface area contributed by atoms with Gasteiger partial charge in [0.25, 0.3) is 11.6 Å². The summed E-state index contributed by atoms with van der Waals surface area (Å²) >= 11 is 5.86. The number of fused-ring (bicyclic) bond motifs is 1. The first kappa shape index (κ1) is 19.5. The number of nitrogens with one attached hydrogen (secondary N) is 1. The second-order valence-corrected chi connectivity index (χ2v) is 6.97. The highest BCUT2D eigenvalue weighted by atomic mass is 35.5. The zero-order chi connectivity index (χ0) is 21.3. The van der Waals surface area contributed by atoms with Crippen molar-refractivity contribution in [1.82, 2.24) is 14.8 Å². The molecule has 0 spiro atoms. The van der Waals surface area contributed by atoms with Crippen LogP contribution in [0.25, 0.3) is 22.2 Å². The van der Waals surface area contributed by atoms with E-state index in [1.54, 1.807) is 29.1 Å². The molecule has 4 aromatic rings. The van der Waals surface area contributed by atoms with Gasteiger partial charge in [0, 0.05) is 34.8 Å². The first-order valence-electron chi connectivity index (χ1n) is 9.14. The molecule has 4 rings (SSSR count). The summed E-state index contributed by atoms with van der Waals surface area (Å²) in [6.07, 6.45) is 3.54. The average molecular weight is 422 g/mol. The standard InChI is InChI=1S/C21H16ClN5O3/c1-2-26-12-13(11-23-26)19-10-16(15-5-3-4-6-17(15)24-19)21(28)25-18-8-7-14(22)9-20(18)27(29)30/h3-12H,2H2,1H3,(H,25,28). The van der Waals surface area contributed by atoms with Crippen LogP contribution < -0.4 is 5.32 Å². The highest BCUT2D eigenvalue weighted by Gasteiger charge is 2.20. The van der Waals surface area contributed by atoms with Crippen molar-refractivity contribution in [3.63, 3.8) is 0 Å². The summed E-state index contributed by atoms with van der Waals surface area (Å²) in [5.74, 6) is -0.483. The fourth-order valence-corrected chi connectivity index (χ4v) is 3.30. The van der Waals surface area contributed by atoms with E-state index in [0.29, 0.717) is 28.7 Å². The summed E-state index contributed by atoms with van der Waals surface area (Å²) in [5.41, 5.74) is 2.13. The molecule has 1 amide bonds. The minimum atomic E-state index is -0.587. The number of halogens is 1. The molecule has 0 saturated carbocycles. The smallest absolute Gasteiger partial charge is 0.294 e. The van der Waals surface area contributed by atoms with Gasteiger partial charge in [-0.15, -0.1) is 0 Å². The fraction of sp³-hybridized carbons (Fsp3) is 0.0952. The lowest BCUT2D eigenvalue weighted by atomic mass is 10.0. The minimum Gasteiger partial charge on any atom is -0.316 e. The molecule has 2 aromatic carbocycles. The number of aryl methyl sites for hydroxylation is 1. The van der Waals surface area contributed by atoms with E-state index >= 15 is 0 Å². The van der Waals surface area contributed by atoms with Gasteiger partial charge in [0.05, 0.1) is 27.9 Å². The largest absolute Gasteiger partial charge is 0.316 e. The van der Waals surface area contributed by atoms with Crippen LogP contribution in [0.5, 0.6) is 0 Å². The summed E-state index contributed by atoms with van der Waals surface area (Å²) in [7, 11) is 0. The summed E-state index contributed by atoms with van der Waals surface area (Å²) < 4.78 is 1.77. The van der Waals surface area contributed by atoms with Crippen LogP contribution >= 0.6 is 11.6 Å². The van der Waals surface area contributed by atoms with Crippen molar-refractivity contribution in [2.75, 3.05) is 5.32 Å². The van der Waals surface area contributed by atoms with Crippen LogP contribution in [0, 0.1) is 10.1 Å². The Kier molecular flexibility index (Phi) is 5.16. The van der Waals surface area contributed by atoms with Crippen molar-refractivity contribution >= 4 is 39.8 Å². The third-order valence-corrected chi connectivity index (χ3v) is 4.85. The van der Waals surface area contributed by atoms with Crippen LogP contribution in [-0.2, 0) is 6.54 Å². The molecule has 0 radical (unpaired) electrons. The molecule has 0 atom stereocenters. The van der Waals surface area contributed by atoms with E-state index in [0.717, 1.165) is 5.56 Å². The van der Waals surface area contributed by atoms with Crippen LogP contribution in [0.3, 0.4) is 0 Å². The highest BCUT2D eigenvalue weighted by Crippen LogP contribution is 2.30. The van der Waals surface area contributed by atoms with Crippen molar-refractivity contribution in [1.29, 1.82) is 0 Å². The maximum Gasteiger partial charge on any atom is 0.294 e. The molecule has 9 heteroatoms. The quantitative estimate of drug-likeness (QED) is 0.363. The van der Waals surface area contributed by atoms with Crippen molar-refractivity contribution < 1.29 is 9.72 Å². The molecule has 2 aromatic heterocycles. The van der Waals surface area contributed by atoms with Crippen LogP contribution in [0.4, 0.5) is 11.4 Å². The number of rotatable bonds is 5. The molecule has 30 heavy (non-hydrogen) atoms. The number of amides is 1. The number of nitro groups is 1. The first-order valence-corrected chi connectivity index (χ1v) is 9.52. The Bertz CT molecular complexity index is 1280. The Balaban J connectivity index is 1.80. The van der Waals surface area contributed by atoms with E-state index in [1.165, 1.54) is 18.2 Å². The maximum absolute atomic E-state index is 13.1. The van der Waals surface area contributed by atoms with E-state index in [4.69, 9.17) is 11.6 Å². The Morgan fingerprint density at radius 1 is 1.23 bits per heavy atom. The second-order valence-electron chi connectivity index (χ2n) is 6.53. The molecule has 150 valence electrons. The topological polar surface area (TPSA) is 103 Å². The summed E-state index contributed by atoms with van der Waals surface area (Å²) in [6.45, 7) is 2.68. The van der Waals surface area contributed by atoms with E-state index in [9.17, 15) is 14.9 Å². The third kappa shape index (κ3) is 3.72. The molecule has 2 heterocycles. The average Bonchev–Trinajstić information content (AvgIpc) is 3.23. The molecule has 0 bridgehead atoms. The number of hydrogen-bond donors (Lipinski definition) is 1. The Hall–Kier alpha value is -3.78. The van der Waals surface area contributed by atoms with Crippen molar-refractivity contribution in [2.24, 2.45) is 0 Å². The van der Waals surface area contributed by atoms with Gasteiger partial charge in [-0.1, -0.05) is 29.8 Å². The number of hydrogen-bond acceptors (Lipinski definition) is 5. The second kappa shape index (κ2) is 7.92. The Morgan fingerprint density at radius 2 is 2.03 bits per heavy atom. The summed E-state index contributed by atoms with van der Waals surface area (Å²) in [6, 6.07) is 13.0. The van der Waals surface area contributed by atoms with Gasteiger partial charge >= 0.3 is 0 Å². The molecule has 8 nitrogen and oxygen atoms in total. The zero-order valence-electron chi connectivity index (χ0n) is 15.9. The van der Waals surface area contributed by atoms with Crippen molar-refractivity contribution in [3.05, 3.63) is 81.6 Å². The molecule has 0 aliphatic carbocycles. The molecular weight excluding hydrogens is 406 g/mol. The number of nitro benzene ring substituents is 1. The molecule has 0 aliphatic rings. The van der Waals surface area contributed by atoms with E-state index in [2.05, 4.69) is 15.4 Å². The van der Waals surface area contributed by atoms with Gasteiger partial charge in [-0.3, -0.25) is 19.6 Å². The number of aromatic nitrogens is 3. The van der Waals surface area contributed by atoms with Crippen LogP contribution in [-0.4, -0.2) is 25.6 Å². The van der Waals surface area contributed by atoms with Crippen molar-refractivity contribution in [2.45, 2.75) is 13.5 Å². The van der Waals surface area contributed by atoms with Crippen LogP contribution in [0.15, 0.2) is 60.9 Å². The van der Waals surface area contributed by atoms with Crippen LogP contribution in [0.2, 0.25) is 5.02 Å². The molecule has 0 saturated heterocycles. The normalized spacial score (nSPS) is 10.9. The summed E-state index contributed by atoms with van der Waals surface area (Å²) in [5, 5.41) is 19.1. The number of anilines is 1. The molecule has 0 unspecified atom stereocenters. The number of benzene rings is 2. The number of para-hydroxylation sites is 1. The Morgan fingerprint density at radius 3 is 2.77 bits per heavy atom. The molecule has 0 aliphatic heterocycles. The SMILES string of the molecule is CCn1cc(-c2cc(C(=O)Nc3ccc(Cl)cc3[N+](=O)[O-])c3ccccc3n2)cn1. The van der Waals surface area contributed by atoms with E-state index in [-0.39, 0.29) is 16.4 Å². The number of nitrogens with zero attached hydrogens (tertiary/aromatic N) is 4. The van der Waals surface area contributed by atoms with Crippen LogP contribution in [0.1, 0.15) is 17.3 Å². The monoisotopic (exact) mass is 421 g/mol. The van der Waals surface area contributed by atoms with Gasteiger partial charge in [0.15, 0.2) is 0 Å². The predicted octanol–water partition coefficient (Wildman–Crippen LogP) is 4.93. The molecular formula is C21H16ClN5O3. The van der Waals surface area contributed by atoms with Gasteiger partial charge in [-0.25, -0.2) is 4.98 Å². The lowest BCUT2D eigenvalue weighted by molar-refractivity contribution is -0.383. The van der Waals surface area contributed by atoms with E-state index < -0.39 is 10.8 Å². The first-order chi connectivity index (χ1) is 14.5. The Labute approximate surface area is 176 Å². The van der Waals surface area contributed by atoms with Gasteiger partial charge < -0.3 is 5.32 Å². The predicted molar refractivity (Wildman–Crippen MR) is 115 cm³/mol. The number of carbonyl (C=O) groups excluding carboxylic acids is 1. The van der Waals surface area contributed by atoms with Gasteiger partial charge in [0.1, 0.15) is 5.69 Å².